The molecule has 1 heterocycles. The van der Waals surface area contributed by atoms with Gasteiger partial charge in [0.1, 0.15) is 0 Å². The van der Waals surface area contributed by atoms with Crippen molar-refractivity contribution in [3.8, 4) is 0 Å². The molecule has 0 unspecified atom stereocenters. The lowest BCUT2D eigenvalue weighted by molar-refractivity contribution is -0.0923. The summed E-state index contributed by atoms with van der Waals surface area (Å²) in [5, 5.41) is 0. The Bertz CT molecular complexity index is 530. The molecule has 0 amide bonds. The van der Waals surface area contributed by atoms with Gasteiger partial charge in [0.05, 0.1) is 11.2 Å². The van der Waals surface area contributed by atoms with Gasteiger partial charge in [-0.25, -0.2) is 6.07 Å². The molecule has 4 rings (SSSR count). The standard InChI is InChI=1S/C20H31BNO2/c1-22(2)16-17-10-9-11-18(17)21-23-19(12-5-3-6-13-19)20(24-21)14-7-4-8-15-20/h9-11H,3-8,12-16H2,1-2H3/q-1. The SMILES string of the molecule is CN(C)Cc1[cH-]ccc1B1OC2(CCCCC2)C2(CCCCC2)O1. The Morgan fingerprint density at radius 3 is 2.00 bits per heavy atom. The van der Waals surface area contributed by atoms with Crippen LogP contribution in [0, 0.1) is 0 Å². The normalized spacial score (nSPS) is 25.9. The molecular weight excluding hydrogens is 297 g/mol. The lowest BCUT2D eigenvalue weighted by atomic mass is 9.66. The van der Waals surface area contributed by atoms with Crippen molar-refractivity contribution < 1.29 is 9.31 Å². The molecule has 0 radical (unpaired) electrons. The van der Waals surface area contributed by atoms with Gasteiger partial charge in [0.15, 0.2) is 0 Å². The fourth-order valence-corrected chi connectivity index (χ4v) is 5.35. The molecule has 2 aliphatic carbocycles. The van der Waals surface area contributed by atoms with Gasteiger partial charge < -0.3 is 14.2 Å². The first-order chi connectivity index (χ1) is 11.6. The van der Waals surface area contributed by atoms with Crippen molar-refractivity contribution in [1.82, 2.24) is 4.90 Å². The van der Waals surface area contributed by atoms with Crippen molar-refractivity contribution in [1.29, 1.82) is 0 Å². The Balaban J connectivity index is 1.64. The molecule has 3 aliphatic rings. The van der Waals surface area contributed by atoms with Crippen molar-refractivity contribution in [3.05, 3.63) is 23.8 Å². The Morgan fingerprint density at radius 2 is 1.50 bits per heavy atom. The minimum absolute atomic E-state index is 0.0248. The summed E-state index contributed by atoms with van der Waals surface area (Å²) in [5.74, 6) is 0. The summed E-state index contributed by atoms with van der Waals surface area (Å²) in [6.45, 7) is 0.950. The summed E-state index contributed by atoms with van der Waals surface area (Å²) in [6, 6.07) is 6.59. The maximum Gasteiger partial charge on any atom is 0.407 e. The third-order valence-electron chi connectivity index (χ3n) is 6.50. The summed E-state index contributed by atoms with van der Waals surface area (Å²) in [6.07, 6.45) is 12.6. The Morgan fingerprint density at radius 1 is 0.958 bits per heavy atom. The molecule has 0 bridgehead atoms. The molecule has 1 saturated heterocycles. The van der Waals surface area contributed by atoms with Gasteiger partial charge >= 0.3 is 7.12 Å². The molecule has 132 valence electrons. The van der Waals surface area contributed by atoms with Gasteiger partial charge in [-0.05, 0) is 46.3 Å². The highest BCUT2D eigenvalue weighted by molar-refractivity contribution is 6.62. The Labute approximate surface area is 147 Å². The third kappa shape index (κ3) is 2.77. The fraction of sp³-hybridized carbons (Fsp3) is 0.750. The van der Waals surface area contributed by atoms with E-state index in [1.165, 1.54) is 75.2 Å². The zero-order valence-corrected chi connectivity index (χ0v) is 15.4. The average Bonchev–Trinajstić information content (AvgIpc) is 3.13. The van der Waals surface area contributed by atoms with Gasteiger partial charge in [-0.1, -0.05) is 38.5 Å². The molecule has 24 heavy (non-hydrogen) atoms. The molecule has 2 saturated carbocycles. The van der Waals surface area contributed by atoms with Crippen LogP contribution in [0.15, 0.2) is 18.2 Å². The lowest BCUT2D eigenvalue weighted by Crippen LogP contribution is -2.53. The second kappa shape index (κ2) is 6.55. The van der Waals surface area contributed by atoms with E-state index in [1.807, 2.05) is 0 Å². The van der Waals surface area contributed by atoms with E-state index in [0.717, 1.165) is 6.54 Å². The first kappa shape index (κ1) is 16.7. The van der Waals surface area contributed by atoms with Crippen molar-refractivity contribution >= 4 is 12.6 Å². The van der Waals surface area contributed by atoms with Gasteiger partial charge in [-0.15, -0.1) is 0 Å². The molecule has 0 N–H and O–H groups in total. The molecule has 4 heteroatoms. The molecule has 2 spiro atoms. The zero-order chi connectivity index (χ0) is 16.6. The zero-order valence-electron chi connectivity index (χ0n) is 15.4. The number of hydrogen-bond acceptors (Lipinski definition) is 3. The molecular formula is C20H31BNO2-. The quantitative estimate of drug-likeness (QED) is 0.625. The molecule has 3 nitrogen and oxygen atoms in total. The second-order valence-corrected chi connectivity index (χ2v) is 8.42. The average molecular weight is 328 g/mol. The molecule has 0 atom stereocenters. The van der Waals surface area contributed by atoms with Gasteiger partial charge in [-0.2, -0.15) is 23.2 Å². The van der Waals surface area contributed by atoms with Crippen LogP contribution >= 0.6 is 0 Å². The van der Waals surface area contributed by atoms with Crippen LogP contribution in [0.1, 0.15) is 69.8 Å². The minimum atomic E-state index is -0.161. The predicted molar refractivity (Wildman–Crippen MR) is 98.6 cm³/mol. The van der Waals surface area contributed by atoms with Crippen molar-refractivity contribution in [2.75, 3.05) is 14.1 Å². The Hall–Kier alpha value is -0.705. The first-order valence-electron chi connectivity index (χ1n) is 9.89. The van der Waals surface area contributed by atoms with Crippen LogP contribution in [-0.4, -0.2) is 37.3 Å². The van der Waals surface area contributed by atoms with Gasteiger partial charge in [0.2, 0.25) is 0 Å². The van der Waals surface area contributed by atoms with Crippen LogP contribution in [0.4, 0.5) is 0 Å². The number of fused-ring (bicyclic) bond motifs is 1. The highest BCUT2D eigenvalue weighted by Gasteiger charge is 2.60. The maximum absolute atomic E-state index is 6.81. The fourth-order valence-electron chi connectivity index (χ4n) is 5.35. The van der Waals surface area contributed by atoms with Gasteiger partial charge in [0, 0.05) is 0 Å². The summed E-state index contributed by atoms with van der Waals surface area (Å²) >= 11 is 0. The van der Waals surface area contributed by atoms with E-state index in [-0.39, 0.29) is 18.3 Å². The van der Waals surface area contributed by atoms with Crippen LogP contribution < -0.4 is 5.46 Å². The van der Waals surface area contributed by atoms with Crippen LogP contribution in [0.25, 0.3) is 0 Å². The molecule has 3 fully saturated rings. The second-order valence-electron chi connectivity index (χ2n) is 8.42. The minimum Gasteiger partial charge on any atom is -0.410 e. The summed E-state index contributed by atoms with van der Waals surface area (Å²) < 4.78 is 13.6. The van der Waals surface area contributed by atoms with Crippen LogP contribution in [-0.2, 0) is 15.9 Å². The van der Waals surface area contributed by atoms with Gasteiger partial charge in [-0.3, -0.25) is 0 Å². The smallest absolute Gasteiger partial charge is 0.407 e. The van der Waals surface area contributed by atoms with Crippen LogP contribution in [0.5, 0.6) is 0 Å². The largest absolute Gasteiger partial charge is 0.410 e. The van der Waals surface area contributed by atoms with Crippen molar-refractivity contribution in [2.24, 2.45) is 0 Å². The topological polar surface area (TPSA) is 21.7 Å². The lowest BCUT2D eigenvalue weighted by Gasteiger charge is -2.48. The highest BCUT2D eigenvalue weighted by Crippen LogP contribution is 2.53. The summed E-state index contributed by atoms with van der Waals surface area (Å²) in [7, 11) is 4.09. The number of hydrogen-bond donors (Lipinski definition) is 0. The van der Waals surface area contributed by atoms with E-state index >= 15 is 0 Å². The van der Waals surface area contributed by atoms with E-state index < -0.39 is 0 Å². The van der Waals surface area contributed by atoms with Crippen LogP contribution in [0.2, 0.25) is 0 Å². The predicted octanol–water partition coefficient (Wildman–Crippen LogP) is 3.61. The summed E-state index contributed by atoms with van der Waals surface area (Å²) in [5.41, 5.74) is 2.56. The maximum atomic E-state index is 6.81. The molecule has 1 aromatic carbocycles. The monoisotopic (exact) mass is 328 g/mol. The van der Waals surface area contributed by atoms with Gasteiger partial charge in [0.25, 0.3) is 0 Å². The van der Waals surface area contributed by atoms with Crippen molar-refractivity contribution in [3.63, 3.8) is 0 Å². The molecule has 1 aliphatic heterocycles. The number of rotatable bonds is 3. The number of nitrogens with zero attached hydrogens (tertiary/aromatic N) is 1. The first-order valence-corrected chi connectivity index (χ1v) is 9.89. The Kier molecular flexibility index (Phi) is 4.57. The molecule has 0 aromatic heterocycles. The highest BCUT2D eigenvalue weighted by atomic mass is 16.7. The van der Waals surface area contributed by atoms with E-state index in [2.05, 4.69) is 37.2 Å². The van der Waals surface area contributed by atoms with E-state index in [0.29, 0.717) is 0 Å². The third-order valence-corrected chi connectivity index (χ3v) is 6.50. The van der Waals surface area contributed by atoms with E-state index in [1.54, 1.807) is 0 Å². The van der Waals surface area contributed by atoms with Crippen LogP contribution in [0.3, 0.4) is 0 Å². The summed E-state index contributed by atoms with van der Waals surface area (Å²) in [4.78, 5) is 2.22. The van der Waals surface area contributed by atoms with Crippen molar-refractivity contribution in [2.45, 2.75) is 82.0 Å². The molecule has 1 aromatic rings. The van der Waals surface area contributed by atoms with E-state index in [9.17, 15) is 0 Å². The van der Waals surface area contributed by atoms with E-state index in [4.69, 9.17) is 9.31 Å².